The number of pyridine rings is 1. The summed E-state index contributed by atoms with van der Waals surface area (Å²) in [4.78, 5) is 26.3. The maximum absolute atomic E-state index is 11.3. The summed E-state index contributed by atoms with van der Waals surface area (Å²) in [6.45, 7) is 0. The molecule has 0 saturated heterocycles. The monoisotopic (exact) mass is 266 g/mol. The van der Waals surface area contributed by atoms with E-state index in [0.29, 0.717) is 16.8 Å². The molecule has 0 aliphatic rings. The van der Waals surface area contributed by atoms with Crippen LogP contribution in [0.15, 0.2) is 47.1 Å². The van der Waals surface area contributed by atoms with E-state index in [1.54, 1.807) is 30.3 Å². The summed E-state index contributed by atoms with van der Waals surface area (Å²) >= 11 is 0. The summed E-state index contributed by atoms with van der Waals surface area (Å²) in [5, 5.41) is 0.786. The number of nitrogens with zero attached hydrogens (tertiary/aromatic N) is 1. The maximum Gasteiger partial charge on any atom is 0.267 e. The van der Waals surface area contributed by atoms with Crippen molar-refractivity contribution < 1.29 is 14.0 Å². The van der Waals surface area contributed by atoms with Gasteiger partial charge in [0.2, 0.25) is 0 Å². The third kappa shape index (κ3) is 1.95. The number of benzene rings is 1. The van der Waals surface area contributed by atoms with Gasteiger partial charge in [-0.1, -0.05) is 24.3 Å². The molecule has 0 atom stereocenters. The van der Waals surface area contributed by atoms with Crippen molar-refractivity contribution in [3.05, 3.63) is 53.9 Å². The Balaban J connectivity index is 2.24. The second kappa shape index (κ2) is 4.62. The van der Waals surface area contributed by atoms with Gasteiger partial charge in [0.15, 0.2) is 0 Å². The SMILES string of the molecule is NC(=O)c1cc2occc2c(-c2ccc(C=O)cc2)n1. The minimum Gasteiger partial charge on any atom is -0.464 e. The molecule has 5 nitrogen and oxygen atoms in total. The molecule has 0 unspecified atom stereocenters. The summed E-state index contributed by atoms with van der Waals surface area (Å²) in [7, 11) is 0. The van der Waals surface area contributed by atoms with Crippen LogP contribution < -0.4 is 5.73 Å². The molecule has 20 heavy (non-hydrogen) atoms. The van der Waals surface area contributed by atoms with Crippen molar-refractivity contribution in [2.45, 2.75) is 0 Å². The summed E-state index contributed by atoms with van der Waals surface area (Å²) in [6.07, 6.45) is 2.30. The zero-order chi connectivity index (χ0) is 14.1. The molecule has 3 aromatic rings. The number of carbonyl (C=O) groups excluding carboxylic acids is 2. The van der Waals surface area contributed by atoms with Crippen LogP contribution in [0.2, 0.25) is 0 Å². The van der Waals surface area contributed by atoms with E-state index in [9.17, 15) is 9.59 Å². The van der Waals surface area contributed by atoms with Gasteiger partial charge < -0.3 is 10.2 Å². The Morgan fingerprint density at radius 2 is 1.95 bits per heavy atom. The Hall–Kier alpha value is -2.95. The number of furan rings is 1. The zero-order valence-corrected chi connectivity index (χ0v) is 10.4. The second-order valence-corrected chi connectivity index (χ2v) is 4.29. The van der Waals surface area contributed by atoms with Crippen LogP contribution in [0.3, 0.4) is 0 Å². The summed E-state index contributed by atoms with van der Waals surface area (Å²) < 4.78 is 5.31. The van der Waals surface area contributed by atoms with Gasteiger partial charge in [0.1, 0.15) is 17.6 Å². The first-order valence-corrected chi connectivity index (χ1v) is 5.92. The number of primary amides is 1. The topological polar surface area (TPSA) is 86.2 Å². The van der Waals surface area contributed by atoms with Gasteiger partial charge in [-0.15, -0.1) is 0 Å². The zero-order valence-electron chi connectivity index (χ0n) is 10.4. The molecule has 0 bridgehead atoms. The van der Waals surface area contributed by atoms with Crippen LogP contribution in [0.5, 0.6) is 0 Å². The van der Waals surface area contributed by atoms with Crippen LogP contribution in [0, 0.1) is 0 Å². The highest BCUT2D eigenvalue weighted by Crippen LogP contribution is 2.28. The lowest BCUT2D eigenvalue weighted by molar-refractivity contribution is 0.0995. The smallest absolute Gasteiger partial charge is 0.267 e. The Morgan fingerprint density at radius 3 is 2.60 bits per heavy atom. The molecule has 2 aromatic heterocycles. The van der Waals surface area contributed by atoms with Crippen LogP contribution >= 0.6 is 0 Å². The maximum atomic E-state index is 11.3. The number of carbonyl (C=O) groups is 2. The van der Waals surface area contributed by atoms with E-state index in [-0.39, 0.29) is 5.69 Å². The number of aldehydes is 1. The average molecular weight is 266 g/mol. The normalized spacial score (nSPS) is 10.6. The van der Waals surface area contributed by atoms with Gasteiger partial charge in [0.05, 0.1) is 12.0 Å². The fourth-order valence-electron chi connectivity index (χ4n) is 2.03. The van der Waals surface area contributed by atoms with Crippen LogP contribution in [-0.4, -0.2) is 17.2 Å². The minimum atomic E-state index is -0.617. The molecule has 0 aliphatic heterocycles. The van der Waals surface area contributed by atoms with Crippen molar-refractivity contribution >= 4 is 23.2 Å². The number of amides is 1. The van der Waals surface area contributed by atoms with Gasteiger partial charge in [-0.3, -0.25) is 9.59 Å². The molecular weight excluding hydrogens is 256 g/mol. The number of nitrogens with two attached hydrogens (primary N) is 1. The average Bonchev–Trinajstić information content (AvgIpc) is 2.94. The number of hydrogen-bond acceptors (Lipinski definition) is 4. The number of rotatable bonds is 3. The van der Waals surface area contributed by atoms with Gasteiger partial charge in [0.25, 0.3) is 5.91 Å². The molecule has 1 amide bonds. The van der Waals surface area contributed by atoms with Crippen molar-refractivity contribution in [3.63, 3.8) is 0 Å². The van der Waals surface area contributed by atoms with Gasteiger partial charge in [-0.2, -0.15) is 0 Å². The molecule has 2 heterocycles. The van der Waals surface area contributed by atoms with Crippen molar-refractivity contribution in [3.8, 4) is 11.3 Å². The predicted octanol–water partition coefficient (Wildman–Crippen LogP) is 2.41. The first kappa shape index (κ1) is 12.1. The quantitative estimate of drug-likeness (QED) is 0.737. The lowest BCUT2D eigenvalue weighted by Crippen LogP contribution is -2.13. The lowest BCUT2D eigenvalue weighted by atomic mass is 10.1. The summed E-state index contributed by atoms with van der Waals surface area (Å²) in [5.74, 6) is -0.617. The van der Waals surface area contributed by atoms with Crippen molar-refractivity contribution in [2.75, 3.05) is 0 Å². The molecule has 5 heteroatoms. The minimum absolute atomic E-state index is 0.141. The Morgan fingerprint density at radius 1 is 1.20 bits per heavy atom. The fraction of sp³-hybridized carbons (Fsp3) is 0. The van der Waals surface area contributed by atoms with Crippen LogP contribution in [0.4, 0.5) is 0 Å². The Kier molecular flexibility index (Phi) is 2.80. The standard InChI is InChI=1S/C15H10N2O3/c16-15(19)12-7-13-11(5-6-20-13)14(17-12)10-3-1-9(8-18)2-4-10/h1-8H,(H2,16,19). The molecule has 0 radical (unpaired) electrons. The first-order chi connectivity index (χ1) is 9.69. The van der Waals surface area contributed by atoms with Crippen LogP contribution in [0.25, 0.3) is 22.2 Å². The van der Waals surface area contributed by atoms with Gasteiger partial charge in [0, 0.05) is 22.6 Å². The summed E-state index contributed by atoms with van der Waals surface area (Å²) in [5.41, 5.74) is 7.92. The number of aromatic nitrogens is 1. The number of fused-ring (bicyclic) bond motifs is 1. The van der Waals surface area contributed by atoms with E-state index in [2.05, 4.69) is 4.98 Å². The Labute approximate surface area is 114 Å². The third-order valence-corrected chi connectivity index (χ3v) is 3.02. The van der Waals surface area contributed by atoms with Crippen molar-refractivity contribution in [2.24, 2.45) is 5.73 Å². The predicted molar refractivity (Wildman–Crippen MR) is 73.4 cm³/mol. The van der Waals surface area contributed by atoms with E-state index in [1.165, 1.54) is 12.3 Å². The highest BCUT2D eigenvalue weighted by atomic mass is 16.3. The van der Waals surface area contributed by atoms with Crippen molar-refractivity contribution in [1.29, 1.82) is 0 Å². The molecule has 2 N–H and O–H groups in total. The molecule has 0 saturated carbocycles. The molecule has 98 valence electrons. The third-order valence-electron chi connectivity index (χ3n) is 3.02. The van der Waals surface area contributed by atoms with E-state index in [1.807, 2.05) is 0 Å². The summed E-state index contributed by atoms with van der Waals surface area (Å²) in [6, 6.07) is 10.2. The van der Waals surface area contributed by atoms with Crippen LogP contribution in [-0.2, 0) is 0 Å². The van der Waals surface area contributed by atoms with Gasteiger partial charge >= 0.3 is 0 Å². The van der Waals surface area contributed by atoms with E-state index in [0.717, 1.165) is 17.2 Å². The van der Waals surface area contributed by atoms with Gasteiger partial charge in [-0.25, -0.2) is 4.98 Å². The molecule has 1 aromatic carbocycles. The molecule has 0 spiro atoms. The molecule has 3 rings (SSSR count). The molecular formula is C15H10N2O3. The Bertz CT molecular complexity index is 804. The second-order valence-electron chi connectivity index (χ2n) is 4.29. The van der Waals surface area contributed by atoms with Gasteiger partial charge in [-0.05, 0) is 6.07 Å². The first-order valence-electron chi connectivity index (χ1n) is 5.92. The van der Waals surface area contributed by atoms with Crippen molar-refractivity contribution in [1.82, 2.24) is 4.98 Å². The lowest BCUT2D eigenvalue weighted by Gasteiger charge is -2.05. The van der Waals surface area contributed by atoms with E-state index < -0.39 is 5.91 Å². The largest absolute Gasteiger partial charge is 0.464 e. The number of hydrogen-bond donors (Lipinski definition) is 1. The fourth-order valence-corrected chi connectivity index (χ4v) is 2.03. The van der Waals surface area contributed by atoms with E-state index in [4.69, 9.17) is 10.2 Å². The molecule has 0 fully saturated rings. The highest BCUT2D eigenvalue weighted by molar-refractivity contribution is 5.99. The highest BCUT2D eigenvalue weighted by Gasteiger charge is 2.13. The van der Waals surface area contributed by atoms with Crippen LogP contribution in [0.1, 0.15) is 20.8 Å². The van der Waals surface area contributed by atoms with E-state index >= 15 is 0 Å². The molecule has 0 aliphatic carbocycles.